The largest absolute Gasteiger partial charge is 0.497 e. The van der Waals surface area contributed by atoms with Gasteiger partial charge in [-0.15, -0.1) is 0 Å². The fourth-order valence-electron chi connectivity index (χ4n) is 3.41. The zero-order valence-corrected chi connectivity index (χ0v) is 20.4. The normalized spacial score (nSPS) is 10.9. The van der Waals surface area contributed by atoms with Gasteiger partial charge in [-0.25, -0.2) is 0 Å². The molecule has 0 atom stereocenters. The molecule has 0 aliphatic heterocycles. The Labute approximate surface area is 198 Å². The van der Waals surface area contributed by atoms with E-state index in [2.05, 4.69) is 80.6 Å². The maximum Gasteiger partial charge on any atom is 0.180 e. The van der Waals surface area contributed by atoms with Gasteiger partial charge in [0.1, 0.15) is 22.4 Å². The maximum atomic E-state index is 5.40. The van der Waals surface area contributed by atoms with Crippen molar-refractivity contribution in [3.63, 3.8) is 0 Å². The second kappa shape index (κ2) is 10.2. The molecule has 0 radical (unpaired) electrons. The second-order valence-electron chi connectivity index (χ2n) is 7.52. The van der Waals surface area contributed by atoms with E-state index in [-0.39, 0.29) is 10.9 Å². The van der Waals surface area contributed by atoms with Crippen LogP contribution in [0.15, 0.2) is 115 Å². The molecule has 0 heterocycles. The Kier molecular flexibility index (Phi) is 7.13. The van der Waals surface area contributed by atoms with Gasteiger partial charge in [0, 0.05) is 4.90 Å². The Morgan fingerprint density at radius 3 is 1.59 bits per heavy atom. The Hall–Kier alpha value is -2.82. The minimum atomic E-state index is -0.267. The molecule has 0 N–H and O–H groups in total. The van der Waals surface area contributed by atoms with Gasteiger partial charge in [-0.1, -0.05) is 35.5 Å². The van der Waals surface area contributed by atoms with Gasteiger partial charge >= 0.3 is 0 Å². The van der Waals surface area contributed by atoms with Gasteiger partial charge in [0.05, 0.1) is 19.1 Å². The Morgan fingerprint density at radius 1 is 0.594 bits per heavy atom. The minimum Gasteiger partial charge on any atom is -0.497 e. The Balaban J connectivity index is 1.83. The van der Waals surface area contributed by atoms with E-state index in [9.17, 15) is 0 Å². The van der Waals surface area contributed by atoms with Gasteiger partial charge in [-0.2, -0.15) is 0 Å². The van der Waals surface area contributed by atoms with Gasteiger partial charge in [0.15, 0.2) is 14.7 Å². The predicted octanol–water partition coefficient (Wildman–Crippen LogP) is 7.57. The molecule has 4 aromatic rings. The van der Waals surface area contributed by atoms with Crippen LogP contribution in [0.5, 0.6) is 11.5 Å². The molecule has 0 aliphatic carbocycles. The third-order valence-electron chi connectivity index (χ3n) is 5.16. The molecular weight excluding hydrogens is 432 g/mol. The number of benzene rings is 4. The van der Waals surface area contributed by atoms with Crippen LogP contribution in [-0.4, -0.2) is 14.2 Å². The topological polar surface area (TPSA) is 18.5 Å². The molecule has 0 bridgehead atoms. The van der Waals surface area contributed by atoms with Crippen molar-refractivity contribution in [3.05, 3.63) is 102 Å². The van der Waals surface area contributed by atoms with Crippen molar-refractivity contribution < 1.29 is 9.47 Å². The lowest BCUT2D eigenvalue weighted by Gasteiger charge is -2.13. The summed E-state index contributed by atoms with van der Waals surface area (Å²) in [5, 5.41) is 0. The number of ether oxygens (including phenoxy) is 2. The quantitative estimate of drug-likeness (QED) is 0.266. The molecule has 2 nitrogen and oxygen atoms in total. The average Bonchev–Trinajstić information content (AvgIpc) is 2.83. The summed E-state index contributed by atoms with van der Waals surface area (Å²) < 4.78 is 10.8. The lowest BCUT2D eigenvalue weighted by molar-refractivity contribution is 0.414. The van der Waals surface area contributed by atoms with E-state index in [0.717, 1.165) is 11.5 Å². The fourth-order valence-corrected chi connectivity index (χ4v) is 6.77. The highest BCUT2D eigenvalue weighted by Gasteiger charge is 2.32. The van der Waals surface area contributed by atoms with Crippen molar-refractivity contribution in [2.24, 2.45) is 0 Å². The average molecular weight is 460 g/mol. The monoisotopic (exact) mass is 459 g/mol. The second-order valence-corrected chi connectivity index (χ2v) is 10.6. The van der Waals surface area contributed by atoms with Crippen LogP contribution >= 0.6 is 11.8 Å². The van der Waals surface area contributed by atoms with E-state index in [1.54, 1.807) is 14.2 Å². The minimum absolute atomic E-state index is 0.267. The molecular formula is C28H27O2S2+. The van der Waals surface area contributed by atoms with Crippen LogP contribution in [0, 0.1) is 13.8 Å². The van der Waals surface area contributed by atoms with E-state index in [1.807, 2.05) is 36.0 Å². The Morgan fingerprint density at radius 2 is 1.09 bits per heavy atom. The van der Waals surface area contributed by atoms with E-state index in [0.29, 0.717) is 0 Å². The Bertz CT molecular complexity index is 1120. The molecule has 0 saturated heterocycles. The number of hydrogen-bond donors (Lipinski definition) is 0. The highest BCUT2D eigenvalue weighted by molar-refractivity contribution is 8.01. The first-order chi connectivity index (χ1) is 15.6. The molecule has 0 amide bonds. The summed E-state index contributed by atoms with van der Waals surface area (Å²) in [6, 6.07) is 32.4. The van der Waals surface area contributed by atoms with Crippen LogP contribution < -0.4 is 9.47 Å². The number of aryl methyl sites for hydroxylation is 2. The maximum absolute atomic E-state index is 5.40. The summed E-state index contributed by atoms with van der Waals surface area (Å²) in [6.07, 6.45) is 0. The number of rotatable bonds is 7. The summed E-state index contributed by atoms with van der Waals surface area (Å²) in [6.45, 7) is 4.28. The summed E-state index contributed by atoms with van der Waals surface area (Å²) in [4.78, 5) is 6.36. The third-order valence-corrected chi connectivity index (χ3v) is 8.64. The number of hydrogen-bond acceptors (Lipinski definition) is 3. The SMILES string of the molecule is COc1ccc([S+](c2ccc(OC)cc2)c2cc(C)ccc2Sc2ccc(C)cc2)cc1. The molecule has 4 aromatic carbocycles. The highest BCUT2D eigenvalue weighted by Crippen LogP contribution is 2.41. The first kappa shape index (κ1) is 22.4. The van der Waals surface area contributed by atoms with Gasteiger partial charge in [0.2, 0.25) is 0 Å². The van der Waals surface area contributed by atoms with Crippen LogP contribution in [0.3, 0.4) is 0 Å². The van der Waals surface area contributed by atoms with Gasteiger partial charge in [-0.05, 0) is 92.2 Å². The van der Waals surface area contributed by atoms with Crippen molar-refractivity contribution in [1.82, 2.24) is 0 Å². The van der Waals surface area contributed by atoms with Crippen molar-refractivity contribution in [3.8, 4) is 11.5 Å². The molecule has 0 saturated carbocycles. The van der Waals surface area contributed by atoms with E-state index in [4.69, 9.17) is 9.47 Å². The number of methoxy groups -OCH3 is 2. The van der Waals surface area contributed by atoms with E-state index < -0.39 is 0 Å². The highest BCUT2D eigenvalue weighted by atomic mass is 32.2. The summed E-state index contributed by atoms with van der Waals surface area (Å²) in [7, 11) is 3.14. The van der Waals surface area contributed by atoms with E-state index in [1.165, 1.54) is 35.6 Å². The molecule has 0 unspecified atom stereocenters. The van der Waals surface area contributed by atoms with Crippen molar-refractivity contribution in [1.29, 1.82) is 0 Å². The van der Waals surface area contributed by atoms with Crippen LogP contribution in [-0.2, 0) is 10.9 Å². The summed E-state index contributed by atoms with van der Waals surface area (Å²) in [5.74, 6) is 1.73. The molecule has 0 aromatic heterocycles. The molecule has 32 heavy (non-hydrogen) atoms. The first-order valence-electron chi connectivity index (χ1n) is 10.4. The van der Waals surface area contributed by atoms with Crippen molar-refractivity contribution >= 4 is 22.7 Å². The smallest absolute Gasteiger partial charge is 0.180 e. The van der Waals surface area contributed by atoms with Crippen LogP contribution in [0.2, 0.25) is 0 Å². The molecule has 0 spiro atoms. The lowest BCUT2D eigenvalue weighted by Crippen LogP contribution is -2.07. The third kappa shape index (κ3) is 5.14. The predicted molar refractivity (Wildman–Crippen MR) is 135 cm³/mol. The first-order valence-corrected chi connectivity index (χ1v) is 12.5. The van der Waals surface area contributed by atoms with Gasteiger partial charge in [-0.3, -0.25) is 0 Å². The van der Waals surface area contributed by atoms with Gasteiger partial charge < -0.3 is 9.47 Å². The van der Waals surface area contributed by atoms with Crippen LogP contribution in [0.4, 0.5) is 0 Å². The molecule has 162 valence electrons. The van der Waals surface area contributed by atoms with E-state index >= 15 is 0 Å². The molecule has 0 fully saturated rings. The zero-order valence-electron chi connectivity index (χ0n) is 18.8. The molecule has 4 heteroatoms. The summed E-state index contributed by atoms with van der Waals surface area (Å²) >= 11 is 1.82. The molecule has 4 rings (SSSR count). The van der Waals surface area contributed by atoms with Crippen molar-refractivity contribution in [2.75, 3.05) is 14.2 Å². The van der Waals surface area contributed by atoms with Crippen LogP contribution in [0.1, 0.15) is 11.1 Å². The van der Waals surface area contributed by atoms with Crippen LogP contribution in [0.25, 0.3) is 0 Å². The van der Waals surface area contributed by atoms with Crippen molar-refractivity contribution in [2.45, 2.75) is 38.3 Å². The lowest BCUT2D eigenvalue weighted by atomic mass is 10.2. The fraction of sp³-hybridized carbons (Fsp3) is 0.143. The zero-order chi connectivity index (χ0) is 22.5. The van der Waals surface area contributed by atoms with Gasteiger partial charge in [0.25, 0.3) is 0 Å². The summed E-state index contributed by atoms with van der Waals surface area (Å²) in [5.41, 5.74) is 2.53. The standard InChI is InChI=1S/C28H27O2S2/c1-20-5-12-24(13-6-20)31-27-18-7-21(2)19-28(27)32(25-14-8-22(29-3)9-15-25)26-16-10-23(30-4)11-17-26/h5-19H,1-4H3/q+1. The molecule has 0 aliphatic rings.